The summed E-state index contributed by atoms with van der Waals surface area (Å²) in [5, 5.41) is 0. The monoisotopic (exact) mass is 358 g/mol. The van der Waals surface area contributed by atoms with Gasteiger partial charge in [-0.25, -0.2) is 12.7 Å². The van der Waals surface area contributed by atoms with Gasteiger partial charge in [0.25, 0.3) is 0 Å². The second kappa shape index (κ2) is 8.05. The van der Waals surface area contributed by atoms with Gasteiger partial charge in [0.1, 0.15) is 10.6 Å². The van der Waals surface area contributed by atoms with Gasteiger partial charge in [-0.2, -0.15) is 8.78 Å². The van der Waals surface area contributed by atoms with Crippen LogP contribution in [0.15, 0.2) is 29.2 Å². The summed E-state index contributed by atoms with van der Waals surface area (Å²) in [5.74, 6) is -0.370. The summed E-state index contributed by atoms with van der Waals surface area (Å²) in [7, 11) is -2.56. The Morgan fingerprint density at radius 3 is 2.36 bits per heavy atom. The van der Waals surface area contributed by atoms with Crippen LogP contribution < -0.4 is 10.5 Å². The smallest absolute Gasteiger partial charge is 0.387 e. The van der Waals surface area contributed by atoms with Gasteiger partial charge < -0.3 is 10.5 Å². The average molecular weight is 359 g/mol. The number of rotatable bonds is 7. The molecule has 0 aromatic heterocycles. The fourth-order valence-electron chi connectivity index (χ4n) is 1.78. The summed E-state index contributed by atoms with van der Waals surface area (Å²) in [4.78, 5) is -0.291. The van der Waals surface area contributed by atoms with Gasteiger partial charge in [-0.05, 0) is 24.1 Å². The van der Waals surface area contributed by atoms with Crippen molar-refractivity contribution in [1.82, 2.24) is 4.31 Å². The predicted octanol–water partition coefficient (Wildman–Crippen LogP) is 2.32. The zero-order chi connectivity index (χ0) is 16.3. The van der Waals surface area contributed by atoms with Crippen LogP contribution in [0.2, 0.25) is 0 Å². The van der Waals surface area contributed by atoms with E-state index in [2.05, 4.69) is 4.74 Å². The van der Waals surface area contributed by atoms with E-state index >= 15 is 0 Å². The summed E-state index contributed by atoms with van der Waals surface area (Å²) in [6, 6.07) is 5.31. The summed E-state index contributed by atoms with van der Waals surface area (Å²) in [6.07, 6.45) is 0. The first-order valence-electron chi connectivity index (χ1n) is 6.30. The Bertz CT molecular complexity index is 582. The van der Waals surface area contributed by atoms with E-state index in [9.17, 15) is 17.2 Å². The fourth-order valence-corrected chi connectivity index (χ4v) is 3.25. The van der Waals surface area contributed by atoms with Gasteiger partial charge in [0.15, 0.2) is 0 Å². The molecule has 0 unspecified atom stereocenters. The van der Waals surface area contributed by atoms with Gasteiger partial charge in [0.05, 0.1) is 0 Å². The third-order valence-corrected chi connectivity index (χ3v) is 4.80. The third-order valence-electron chi connectivity index (χ3n) is 2.96. The van der Waals surface area contributed by atoms with Crippen LogP contribution >= 0.6 is 12.4 Å². The molecule has 0 aliphatic rings. The summed E-state index contributed by atoms with van der Waals surface area (Å²) in [5.41, 5.74) is 5.16. The maximum atomic E-state index is 12.5. The molecule has 0 saturated heterocycles. The number of ether oxygens (including phenoxy) is 1. The first kappa shape index (κ1) is 21.0. The Morgan fingerprint density at radius 2 is 1.86 bits per heavy atom. The van der Waals surface area contributed by atoms with Gasteiger partial charge in [0.2, 0.25) is 10.0 Å². The van der Waals surface area contributed by atoms with Gasteiger partial charge in [-0.1, -0.05) is 26.0 Å². The molecule has 0 saturated carbocycles. The van der Waals surface area contributed by atoms with Crippen LogP contribution in [0, 0.1) is 5.41 Å². The second-order valence-corrected chi connectivity index (χ2v) is 7.47. The molecule has 2 N–H and O–H groups in total. The molecule has 5 nitrogen and oxygen atoms in total. The molecule has 0 bridgehead atoms. The van der Waals surface area contributed by atoms with E-state index in [4.69, 9.17) is 5.73 Å². The lowest BCUT2D eigenvalue weighted by molar-refractivity contribution is -0.0518. The largest absolute Gasteiger partial charge is 0.433 e. The Hall–Kier alpha value is -0.960. The van der Waals surface area contributed by atoms with Crippen molar-refractivity contribution >= 4 is 22.4 Å². The molecule has 0 amide bonds. The second-order valence-electron chi connectivity index (χ2n) is 5.45. The fraction of sp³-hybridized carbons (Fsp3) is 0.538. The van der Waals surface area contributed by atoms with E-state index in [0.717, 1.165) is 4.31 Å². The zero-order valence-corrected chi connectivity index (χ0v) is 14.3. The number of sulfonamides is 1. The van der Waals surface area contributed by atoms with Crippen LogP contribution in [0.3, 0.4) is 0 Å². The summed E-state index contributed by atoms with van der Waals surface area (Å²) < 4.78 is 55.1. The minimum atomic E-state index is -3.94. The first-order valence-corrected chi connectivity index (χ1v) is 7.74. The standard InChI is InChI=1S/C13H20F2N2O3S.ClH/c1-13(2,8-16)9-17(3)21(18,19)11-7-5-4-6-10(11)20-12(14)15;/h4-7,12H,8-9,16H2,1-3H3;1H. The summed E-state index contributed by atoms with van der Waals surface area (Å²) in [6.45, 7) is 1.00. The third kappa shape index (κ3) is 5.35. The van der Waals surface area contributed by atoms with Crippen molar-refractivity contribution < 1.29 is 21.9 Å². The average Bonchev–Trinajstić information content (AvgIpc) is 2.38. The van der Waals surface area contributed by atoms with Crippen LogP contribution in [-0.2, 0) is 10.0 Å². The SMILES string of the molecule is CN(CC(C)(C)CN)S(=O)(=O)c1ccccc1OC(F)F.Cl. The first-order chi connectivity index (χ1) is 9.60. The molecule has 1 aromatic rings. The van der Waals surface area contributed by atoms with Crippen LogP contribution in [0.25, 0.3) is 0 Å². The Kier molecular flexibility index (Phi) is 7.70. The quantitative estimate of drug-likeness (QED) is 0.811. The molecule has 22 heavy (non-hydrogen) atoms. The van der Waals surface area contributed by atoms with E-state index in [-0.39, 0.29) is 29.6 Å². The van der Waals surface area contributed by atoms with Crippen molar-refractivity contribution in [3.05, 3.63) is 24.3 Å². The van der Waals surface area contributed by atoms with Gasteiger partial charge in [-0.15, -0.1) is 12.4 Å². The van der Waals surface area contributed by atoms with Crippen molar-refractivity contribution in [3.63, 3.8) is 0 Å². The van der Waals surface area contributed by atoms with E-state index in [1.165, 1.54) is 31.3 Å². The van der Waals surface area contributed by atoms with Gasteiger partial charge in [-0.3, -0.25) is 0 Å². The van der Waals surface area contributed by atoms with E-state index in [0.29, 0.717) is 6.54 Å². The van der Waals surface area contributed by atoms with Crippen LogP contribution in [0.1, 0.15) is 13.8 Å². The Morgan fingerprint density at radius 1 is 1.32 bits per heavy atom. The molecular weight excluding hydrogens is 338 g/mol. The molecule has 9 heteroatoms. The molecule has 1 aromatic carbocycles. The van der Waals surface area contributed by atoms with Crippen molar-refractivity contribution in [2.75, 3.05) is 20.1 Å². The zero-order valence-electron chi connectivity index (χ0n) is 12.6. The van der Waals surface area contributed by atoms with Crippen LogP contribution in [0.4, 0.5) is 8.78 Å². The van der Waals surface area contributed by atoms with Crippen LogP contribution in [0.5, 0.6) is 5.75 Å². The van der Waals surface area contributed by atoms with Crippen molar-refractivity contribution in [2.24, 2.45) is 11.1 Å². The molecular formula is C13H21ClF2N2O3S. The van der Waals surface area contributed by atoms with Crippen molar-refractivity contribution in [2.45, 2.75) is 25.4 Å². The van der Waals surface area contributed by atoms with E-state index in [1.807, 2.05) is 13.8 Å². The number of nitrogens with zero attached hydrogens (tertiary/aromatic N) is 1. The number of hydrogen-bond donors (Lipinski definition) is 1. The minimum absolute atomic E-state index is 0. The normalized spacial score (nSPS) is 12.4. The number of alkyl halides is 2. The molecule has 0 atom stereocenters. The maximum Gasteiger partial charge on any atom is 0.387 e. The highest BCUT2D eigenvalue weighted by Gasteiger charge is 2.29. The highest BCUT2D eigenvalue weighted by Crippen LogP contribution is 2.28. The lowest BCUT2D eigenvalue weighted by Gasteiger charge is -2.28. The lowest BCUT2D eigenvalue weighted by atomic mass is 9.94. The molecule has 0 fully saturated rings. The van der Waals surface area contributed by atoms with Crippen molar-refractivity contribution in [1.29, 1.82) is 0 Å². The van der Waals surface area contributed by atoms with E-state index < -0.39 is 22.0 Å². The predicted molar refractivity (Wildman–Crippen MR) is 83.0 cm³/mol. The highest BCUT2D eigenvalue weighted by molar-refractivity contribution is 7.89. The topological polar surface area (TPSA) is 72.6 Å². The molecule has 0 spiro atoms. The summed E-state index contributed by atoms with van der Waals surface area (Å²) >= 11 is 0. The maximum absolute atomic E-state index is 12.5. The van der Waals surface area contributed by atoms with Gasteiger partial charge in [0, 0.05) is 13.6 Å². The number of halogens is 3. The Labute approximate surface area is 135 Å². The Balaban J connectivity index is 0.00000441. The molecule has 128 valence electrons. The molecule has 0 aliphatic carbocycles. The highest BCUT2D eigenvalue weighted by atomic mass is 35.5. The van der Waals surface area contributed by atoms with E-state index in [1.54, 1.807) is 0 Å². The molecule has 1 rings (SSSR count). The number of nitrogens with two attached hydrogens (primary N) is 1. The minimum Gasteiger partial charge on any atom is -0.433 e. The van der Waals surface area contributed by atoms with Crippen molar-refractivity contribution in [3.8, 4) is 5.75 Å². The van der Waals surface area contributed by atoms with Gasteiger partial charge >= 0.3 is 6.61 Å². The number of hydrogen-bond acceptors (Lipinski definition) is 4. The lowest BCUT2D eigenvalue weighted by Crippen LogP contribution is -2.39. The number of benzene rings is 1. The number of para-hydroxylation sites is 1. The molecule has 0 radical (unpaired) electrons. The molecule has 0 heterocycles. The molecule has 0 aliphatic heterocycles. The van der Waals surface area contributed by atoms with Crippen LogP contribution in [-0.4, -0.2) is 39.5 Å².